The van der Waals surface area contributed by atoms with Crippen LogP contribution in [0.1, 0.15) is 27.2 Å². The number of likely N-dealkylation sites (N-methyl/N-ethyl adjacent to an activating group) is 1. The fourth-order valence-corrected chi connectivity index (χ4v) is 2.11. The lowest BCUT2D eigenvalue weighted by molar-refractivity contribution is -0.173. The van der Waals surface area contributed by atoms with Crippen molar-refractivity contribution in [1.82, 2.24) is 10.6 Å². The van der Waals surface area contributed by atoms with Gasteiger partial charge in [0, 0.05) is 19.5 Å². The molecular formula is C13H24N2O5. The van der Waals surface area contributed by atoms with Crippen molar-refractivity contribution in [1.29, 1.82) is 0 Å². The number of carbonyl (C=O) groups is 2. The summed E-state index contributed by atoms with van der Waals surface area (Å²) in [5.74, 6) is -0.588. The summed E-state index contributed by atoms with van der Waals surface area (Å²) in [6.45, 7) is 6.38. The summed E-state index contributed by atoms with van der Waals surface area (Å²) in [6.07, 6.45) is -1.35. The third kappa shape index (κ3) is 5.34. The van der Waals surface area contributed by atoms with Crippen LogP contribution in [0.2, 0.25) is 0 Å². The van der Waals surface area contributed by atoms with Crippen molar-refractivity contribution in [3.63, 3.8) is 0 Å². The number of carbonyl (C=O) groups excluding carboxylic acids is 2. The SMILES string of the molecule is CNC[C@@H]1NCC[C@@H]1C(=O)OC(C)OC(=O)OC(C)C. The quantitative estimate of drug-likeness (QED) is 0.548. The third-order valence-corrected chi connectivity index (χ3v) is 2.95. The molecule has 0 aliphatic carbocycles. The molecule has 0 bridgehead atoms. The van der Waals surface area contributed by atoms with Gasteiger partial charge in [-0.05, 0) is 33.9 Å². The molecule has 0 spiro atoms. The van der Waals surface area contributed by atoms with Crippen LogP contribution in [0.4, 0.5) is 4.79 Å². The van der Waals surface area contributed by atoms with E-state index in [1.54, 1.807) is 13.8 Å². The standard InChI is InChI=1S/C13H24N2O5/c1-8(2)18-13(17)20-9(3)19-12(16)10-5-6-15-11(10)7-14-4/h8-11,14-15H,5-7H2,1-4H3/t9?,10-,11-/m0/s1. The molecule has 7 nitrogen and oxygen atoms in total. The Balaban J connectivity index is 2.39. The molecule has 0 amide bonds. The van der Waals surface area contributed by atoms with E-state index in [9.17, 15) is 9.59 Å². The molecule has 0 aromatic carbocycles. The molecule has 0 aromatic heterocycles. The second-order valence-corrected chi connectivity index (χ2v) is 5.05. The van der Waals surface area contributed by atoms with E-state index in [0.717, 1.165) is 6.54 Å². The molecule has 0 aromatic rings. The first kappa shape index (κ1) is 16.7. The lowest BCUT2D eigenvalue weighted by atomic mass is 10.0. The molecule has 1 aliphatic rings. The summed E-state index contributed by atoms with van der Waals surface area (Å²) in [7, 11) is 1.83. The average Bonchev–Trinajstić information content (AvgIpc) is 2.76. The zero-order valence-corrected chi connectivity index (χ0v) is 12.5. The Morgan fingerprint density at radius 3 is 2.55 bits per heavy atom. The highest BCUT2D eigenvalue weighted by molar-refractivity contribution is 5.74. The lowest BCUT2D eigenvalue weighted by Gasteiger charge is -2.20. The Bertz CT molecular complexity index is 335. The topological polar surface area (TPSA) is 85.9 Å². The Hall–Kier alpha value is -1.34. The molecule has 3 atom stereocenters. The van der Waals surface area contributed by atoms with Crippen molar-refractivity contribution in [3.05, 3.63) is 0 Å². The number of esters is 1. The zero-order valence-electron chi connectivity index (χ0n) is 12.5. The average molecular weight is 288 g/mol. The first-order chi connectivity index (χ1) is 9.43. The highest BCUT2D eigenvalue weighted by Gasteiger charge is 2.34. The fraction of sp³-hybridized carbons (Fsp3) is 0.846. The van der Waals surface area contributed by atoms with E-state index in [-0.39, 0.29) is 24.0 Å². The molecule has 0 saturated carbocycles. The van der Waals surface area contributed by atoms with Crippen molar-refractivity contribution in [2.75, 3.05) is 20.1 Å². The maximum absolute atomic E-state index is 12.0. The summed E-state index contributed by atoms with van der Waals surface area (Å²) in [5, 5.41) is 6.26. The maximum Gasteiger partial charge on any atom is 0.511 e. The van der Waals surface area contributed by atoms with Crippen molar-refractivity contribution in [2.24, 2.45) is 5.92 Å². The van der Waals surface area contributed by atoms with Crippen LogP contribution in [0.25, 0.3) is 0 Å². The van der Waals surface area contributed by atoms with Crippen LogP contribution in [0.5, 0.6) is 0 Å². The van der Waals surface area contributed by atoms with Gasteiger partial charge >= 0.3 is 12.1 Å². The molecule has 2 N–H and O–H groups in total. The van der Waals surface area contributed by atoms with Crippen molar-refractivity contribution in [3.8, 4) is 0 Å². The molecule has 1 fully saturated rings. The molecule has 1 heterocycles. The van der Waals surface area contributed by atoms with E-state index in [2.05, 4.69) is 10.6 Å². The number of hydrogen-bond acceptors (Lipinski definition) is 7. The predicted molar refractivity (Wildman–Crippen MR) is 72.1 cm³/mol. The van der Waals surface area contributed by atoms with Gasteiger partial charge in [0.05, 0.1) is 12.0 Å². The van der Waals surface area contributed by atoms with Gasteiger partial charge in [-0.1, -0.05) is 0 Å². The van der Waals surface area contributed by atoms with E-state index >= 15 is 0 Å². The second kappa shape index (κ2) is 8.06. The molecule has 116 valence electrons. The van der Waals surface area contributed by atoms with Crippen LogP contribution in [0.3, 0.4) is 0 Å². The molecule has 0 radical (unpaired) electrons. The normalized spacial score (nSPS) is 23.4. The van der Waals surface area contributed by atoms with E-state index in [0.29, 0.717) is 13.0 Å². The van der Waals surface area contributed by atoms with Gasteiger partial charge in [0.1, 0.15) is 0 Å². The minimum absolute atomic E-state index is 0.0438. The Morgan fingerprint density at radius 1 is 1.25 bits per heavy atom. The van der Waals surface area contributed by atoms with Crippen molar-refractivity contribution < 1.29 is 23.8 Å². The van der Waals surface area contributed by atoms with Crippen molar-refractivity contribution >= 4 is 12.1 Å². The molecule has 20 heavy (non-hydrogen) atoms. The molecule has 1 saturated heterocycles. The van der Waals surface area contributed by atoms with Gasteiger partial charge < -0.3 is 24.8 Å². The smallest absolute Gasteiger partial charge is 0.431 e. The minimum atomic E-state index is -0.954. The van der Waals surface area contributed by atoms with Gasteiger partial charge in [0.25, 0.3) is 0 Å². The first-order valence-corrected chi connectivity index (χ1v) is 6.89. The van der Waals surface area contributed by atoms with Crippen LogP contribution in [-0.2, 0) is 19.0 Å². The molecule has 1 aliphatic heterocycles. The molecule has 1 rings (SSSR count). The third-order valence-electron chi connectivity index (χ3n) is 2.95. The summed E-state index contributed by atoms with van der Waals surface area (Å²) in [5.41, 5.74) is 0. The van der Waals surface area contributed by atoms with Gasteiger partial charge in [-0.15, -0.1) is 0 Å². The second-order valence-electron chi connectivity index (χ2n) is 5.05. The first-order valence-electron chi connectivity index (χ1n) is 6.89. The summed E-state index contributed by atoms with van der Waals surface area (Å²) in [6, 6.07) is 0.0438. The summed E-state index contributed by atoms with van der Waals surface area (Å²) in [4.78, 5) is 23.3. The zero-order chi connectivity index (χ0) is 15.1. The lowest BCUT2D eigenvalue weighted by Crippen LogP contribution is -2.40. The Morgan fingerprint density at radius 2 is 1.95 bits per heavy atom. The number of ether oxygens (including phenoxy) is 3. The van der Waals surface area contributed by atoms with E-state index < -0.39 is 12.4 Å². The van der Waals surface area contributed by atoms with Crippen molar-refractivity contribution in [2.45, 2.75) is 45.6 Å². The summed E-state index contributed by atoms with van der Waals surface area (Å²) >= 11 is 0. The van der Waals surface area contributed by atoms with Crippen LogP contribution < -0.4 is 10.6 Å². The highest BCUT2D eigenvalue weighted by Crippen LogP contribution is 2.18. The largest absolute Gasteiger partial charge is 0.511 e. The monoisotopic (exact) mass is 288 g/mol. The van der Waals surface area contributed by atoms with Crippen LogP contribution in [-0.4, -0.2) is 50.7 Å². The van der Waals surface area contributed by atoms with Crippen LogP contribution >= 0.6 is 0 Å². The van der Waals surface area contributed by atoms with Gasteiger partial charge in [-0.3, -0.25) is 4.79 Å². The minimum Gasteiger partial charge on any atom is -0.431 e. The van der Waals surface area contributed by atoms with Crippen LogP contribution in [0, 0.1) is 5.92 Å². The van der Waals surface area contributed by atoms with Crippen LogP contribution in [0.15, 0.2) is 0 Å². The van der Waals surface area contributed by atoms with E-state index in [4.69, 9.17) is 14.2 Å². The molecule has 7 heteroatoms. The molecule has 1 unspecified atom stereocenters. The number of nitrogens with one attached hydrogen (secondary N) is 2. The number of hydrogen-bond donors (Lipinski definition) is 2. The molecular weight excluding hydrogens is 264 g/mol. The van der Waals surface area contributed by atoms with Gasteiger partial charge in [0.2, 0.25) is 6.29 Å². The number of rotatable bonds is 6. The van der Waals surface area contributed by atoms with E-state index in [1.807, 2.05) is 7.05 Å². The van der Waals surface area contributed by atoms with Gasteiger partial charge in [0.15, 0.2) is 0 Å². The Kier molecular flexibility index (Phi) is 6.74. The highest BCUT2D eigenvalue weighted by atomic mass is 16.8. The predicted octanol–water partition coefficient (Wildman–Crippen LogP) is 0.635. The van der Waals surface area contributed by atoms with E-state index in [1.165, 1.54) is 6.92 Å². The van der Waals surface area contributed by atoms with Gasteiger partial charge in [-0.2, -0.15) is 0 Å². The van der Waals surface area contributed by atoms with Gasteiger partial charge in [-0.25, -0.2) is 4.79 Å². The summed E-state index contributed by atoms with van der Waals surface area (Å²) < 4.78 is 14.8. The fourth-order valence-electron chi connectivity index (χ4n) is 2.11. The Labute approximate surface area is 119 Å². The maximum atomic E-state index is 12.0.